The molecule has 106 valence electrons. The van der Waals surface area contributed by atoms with Gasteiger partial charge < -0.3 is 20.6 Å². The van der Waals surface area contributed by atoms with Crippen LogP contribution in [0.3, 0.4) is 0 Å². The van der Waals surface area contributed by atoms with Crippen molar-refractivity contribution in [1.29, 1.82) is 0 Å². The van der Waals surface area contributed by atoms with Crippen molar-refractivity contribution < 1.29 is 15.3 Å². The van der Waals surface area contributed by atoms with Crippen molar-refractivity contribution in [2.45, 2.75) is 50.7 Å². The Balaban J connectivity index is 1.97. The molecule has 4 nitrogen and oxygen atoms in total. The van der Waals surface area contributed by atoms with E-state index in [4.69, 9.17) is 0 Å². The third kappa shape index (κ3) is 3.61. The number of phenolic OH excluding ortho intramolecular Hbond substituents is 2. The molecule has 1 unspecified atom stereocenters. The van der Waals surface area contributed by atoms with Crippen LogP contribution >= 0.6 is 0 Å². The monoisotopic (exact) mass is 265 g/mol. The van der Waals surface area contributed by atoms with Crippen LogP contribution < -0.4 is 5.32 Å². The van der Waals surface area contributed by atoms with Crippen molar-refractivity contribution >= 4 is 0 Å². The van der Waals surface area contributed by atoms with Gasteiger partial charge >= 0.3 is 0 Å². The third-order valence-electron chi connectivity index (χ3n) is 4.00. The normalized spacial score (nSPS) is 20.1. The first-order valence-electron chi connectivity index (χ1n) is 6.98. The van der Waals surface area contributed by atoms with Crippen molar-refractivity contribution in [3.8, 4) is 11.5 Å². The topological polar surface area (TPSA) is 72.7 Å². The summed E-state index contributed by atoms with van der Waals surface area (Å²) in [5, 5.41) is 32.9. The van der Waals surface area contributed by atoms with Gasteiger partial charge in [0.25, 0.3) is 0 Å². The lowest BCUT2D eigenvalue weighted by molar-refractivity contribution is 0.00294. The number of nitrogens with one attached hydrogen (secondary N) is 1. The quantitative estimate of drug-likeness (QED) is 0.631. The highest BCUT2D eigenvalue weighted by atomic mass is 16.3. The first kappa shape index (κ1) is 14.2. The summed E-state index contributed by atoms with van der Waals surface area (Å²) in [4.78, 5) is 0. The van der Waals surface area contributed by atoms with E-state index < -0.39 is 5.60 Å². The van der Waals surface area contributed by atoms with Gasteiger partial charge in [0, 0.05) is 18.2 Å². The fraction of sp³-hybridized carbons (Fsp3) is 0.600. The van der Waals surface area contributed by atoms with Crippen LogP contribution in [-0.2, 0) is 0 Å². The van der Waals surface area contributed by atoms with E-state index in [2.05, 4.69) is 5.32 Å². The van der Waals surface area contributed by atoms with Gasteiger partial charge in [-0.3, -0.25) is 0 Å². The Kier molecular flexibility index (Phi) is 4.32. The van der Waals surface area contributed by atoms with Crippen LogP contribution in [0, 0.1) is 0 Å². The van der Waals surface area contributed by atoms with E-state index in [0.717, 1.165) is 25.7 Å². The second kappa shape index (κ2) is 5.80. The second-order valence-corrected chi connectivity index (χ2v) is 5.63. The number of hydrogen-bond acceptors (Lipinski definition) is 4. The van der Waals surface area contributed by atoms with Crippen molar-refractivity contribution in [1.82, 2.24) is 5.32 Å². The summed E-state index contributed by atoms with van der Waals surface area (Å²) in [5.74, 6) is 0.297. The van der Waals surface area contributed by atoms with Crippen molar-refractivity contribution in [3.05, 3.63) is 23.8 Å². The Morgan fingerprint density at radius 1 is 1.21 bits per heavy atom. The van der Waals surface area contributed by atoms with E-state index in [1.54, 1.807) is 6.07 Å². The van der Waals surface area contributed by atoms with Crippen LogP contribution in [0.25, 0.3) is 0 Å². The fourth-order valence-electron chi connectivity index (χ4n) is 2.73. The lowest BCUT2D eigenvalue weighted by Crippen LogP contribution is -2.42. The van der Waals surface area contributed by atoms with E-state index in [1.807, 2.05) is 6.92 Å². The van der Waals surface area contributed by atoms with E-state index in [9.17, 15) is 15.3 Å². The molecule has 0 bridgehead atoms. The lowest BCUT2D eigenvalue weighted by Gasteiger charge is -2.33. The van der Waals surface area contributed by atoms with Gasteiger partial charge in [0.05, 0.1) is 5.60 Å². The first-order chi connectivity index (χ1) is 9.00. The molecule has 0 radical (unpaired) electrons. The standard InChI is InChI=1S/C15H23NO3/c1-11(13-9-12(17)5-6-14(13)18)16-10-15(19)7-3-2-4-8-15/h5-6,9,11,16-19H,2-4,7-8,10H2,1H3. The van der Waals surface area contributed by atoms with Crippen molar-refractivity contribution in [2.75, 3.05) is 6.54 Å². The lowest BCUT2D eigenvalue weighted by atomic mass is 9.84. The van der Waals surface area contributed by atoms with Gasteiger partial charge in [-0.1, -0.05) is 19.3 Å². The zero-order valence-electron chi connectivity index (χ0n) is 11.4. The summed E-state index contributed by atoms with van der Waals surface area (Å²) < 4.78 is 0. The molecule has 1 saturated carbocycles. The van der Waals surface area contributed by atoms with E-state index in [0.29, 0.717) is 12.1 Å². The number of aromatic hydroxyl groups is 2. The molecule has 0 spiro atoms. The zero-order valence-corrected chi connectivity index (χ0v) is 11.4. The minimum Gasteiger partial charge on any atom is -0.508 e. The van der Waals surface area contributed by atoms with Gasteiger partial charge in [0.2, 0.25) is 0 Å². The Morgan fingerprint density at radius 3 is 2.58 bits per heavy atom. The van der Waals surface area contributed by atoms with Gasteiger partial charge in [-0.2, -0.15) is 0 Å². The van der Waals surface area contributed by atoms with Gasteiger partial charge in [-0.05, 0) is 38.0 Å². The Bertz CT molecular complexity index is 427. The largest absolute Gasteiger partial charge is 0.508 e. The molecule has 1 aromatic rings. The molecule has 0 saturated heterocycles. The maximum atomic E-state index is 10.4. The predicted octanol–water partition coefficient (Wildman–Crippen LogP) is 2.44. The highest BCUT2D eigenvalue weighted by Gasteiger charge is 2.29. The summed E-state index contributed by atoms with van der Waals surface area (Å²) in [6, 6.07) is 4.38. The molecular formula is C15H23NO3. The maximum Gasteiger partial charge on any atom is 0.120 e. The summed E-state index contributed by atoms with van der Waals surface area (Å²) in [7, 11) is 0. The molecular weight excluding hydrogens is 242 g/mol. The molecule has 19 heavy (non-hydrogen) atoms. The SMILES string of the molecule is CC(NCC1(O)CCCCC1)c1cc(O)ccc1O. The molecule has 0 heterocycles. The molecule has 0 aromatic heterocycles. The highest BCUT2D eigenvalue weighted by Crippen LogP contribution is 2.30. The number of hydrogen-bond donors (Lipinski definition) is 4. The average molecular weight is 265 g/mol. The molecule has 1 aliphatic carbocycles. The molecule has 2 rings (SSSR count). The third-order valence-corrected chi connectivity index (χ3v) is 4.00. The first-order valence-corrected chi connectivity index (χ1v) is 6.98. The van der Waals surface area contributed by atoms with Crippen molar-refractivity contribution in [2.24, 2.45) is 0 Å². The van der Waals surface area contributed by atoms with Crippen LogP contribution in [0.4, 0.5) is 0 Å². The van der Waals surface area contributed by atoms with Gasteiger partial charge in [0.15, 0.2) is 0 Å². The number of benzene rings is 1. The molecule has 4 heteroatoms. The smallest absolute Gasteiger partial charge is 0.120 e. The van der Waals surface area contributed by atoms with E-state index in [1.165, 1.54) is 18.6 Å². The Labute approximate surface area is 114 Å². The zero-order chi connectivity index (χ0) is 13.9. The number of aliphatic hydroxyl groups is 1. The summed E-state index contributed by atoms with van der Waals surface area (Å²) in [6.45, 7) is 2.43. The van der Waals surface area contributed by atoms with Crippen molar-refractivity contribution in [3.63, 3.8) is 0 Å². The van der Waals surface area contributed by atoms with Gasteiger partial charge in [-0.15, -0.1) is 0 Å². The van der Waals surface area contributed by atoms with Crippen LogP contribution in [0.5, 0.6) is 11.5 Å². The molecule has 1 aliphatic rings. The molecule has 1 atom stereocenters. The molecule has 1 aromatic carbocycles. The molecule has 0 amide bonds. The molecule has 0 aliphatic heterocycles. The van der Waals surface area contributed by atoms with Crippen LogP contribution in [-0.4, -0.2) is 27.5 Å². The molecule has 1 fully saturated rings. The minimum absolute atomic E-state index is 0.113. The van der Waals surface area contributed by atoms with Crippen LogP contribution in [0.2, 0.25) is 0 Å². The van der Waals surface area contributed by atoms with Gasteiger partial charge in [0.1, 0.15) is 11.5 Å². The fourth-order valence-corrected chi connectivity index (χ4v) is 2.73. The molecule has 4 N–H and O–H groups in total. The van der Waals surface area contributed by atoms with Gasteiger partial charge in [-0.25, -0.2) is 0 Å². The second-order valence-electron chi connectivity index (χ2n) is 5.63. The van der Waals surface area contributed by atoms with Crippen LogP contribution in [0.15, 0.2) is 18.2 Å². The summed E-state index contributed by atoms with van der Waals surface area (Å²) in [6.07, 6.45) is 5.01. The Hall–Kier alpha value is -1.26. The summed E-state index contributed by atoms with van der Waals surface area (Å²) in [5.41, 5.74) is 0.0262. The average Bonchev–Trinajstić information content (AvgIpc) is 2.40. The maximum absolute atomic E-state index is 10.4. The number of phenols is 2. The van der Waals surface area contributed by atoms with E-state index >= 15 is 0 Å². The van der Waals surface area contributed by atoms with E-state index in [-0.39, 0.29) is 17.5 Å². The Morgan fingerprint density at radius 2 is 1.89 bits per heavy atom. The van der Waals surface area contributed by atoms with Crippen LogP contribution in [0.1, 0.15) is 50.6 Å². The highest BCUT2D eigenvalue weighted by molar-refractivity contribution is 5.40. The minimum atomic E-state index is -0.626. The number of rotatable bonds is 4. The predicted molar refractivity (Wildman–Crippen MR) is 74.2 cm³/mol. The summed E-state index contributed by atoms with van der Waals surface area (Å²) >= 11 is 0.